The number of rotatable bonds is 5. The highest BCUT2D eigenvalue weighted by Gasteiger charge is 2.70. The molecule has 1 aromatic carbocycles. The molecule has 1 aromatic heterocycles. The minimum absolute atomic E-state index is 0.00810. The molecule has 45 heavy (non-hydrogen) atoms. The maximum absolute atomic E-state index is 14.0. The highest BCUT2D eigenvalue weighted by Crippen LogP contribution is 2.69. The van der Waals surface area contributed by atoms with Gasteiger partial charge in [0.2, 0.25) is 5.12 Å². The molecule has 8 nitrogen and oxygen atoms in total. The van der Waals surface area contributed by atoms with Gasteiger partial charge >= 0.3 is 5.97 Å². The van der Waals surface area contributed by atoms with Crippen molar-refractivity contribution in [3.05, 3.63) is 77.2 Å². The second-order valence-corrected chi connectivity index (χ2v) is 14.3. The molecule has 7 atom stereocenters. The van der Waals surface area contributed by atoms with Crippen molar-refractivity contribution in [2.45, 2.75) is 71.0 Å². The molecule has 4 aliphatic carbocycles. The quantitative estimate of drug-likeness (QED) is 0.354. The highest BCUT2D eigenvalue weighted by molar-refractivity contribution is 8.14. The molecule has 2 aromatic rings. The molecule has 1 heterocycles. The smallest absolute Gasteiger partial charge is 0.342 e. The maximum atomic E-state index is 14.0. The minimum Gasteiger partial charge on any atom is -0.469 e. The van der Waals surface area contributed by atoms with Crippen LogP contribution in [-0.4, -0.2) is 39.4 Å². The van der Waals surface area contributed by atoms with Crippen molar-refractivity contribution in [1.29, 1.82) is 5.26 Å². The number of carbonyl (C=O) groups is 2. The number of aliphatic imine (C=N–C) groups is 1. The van der Waals surface area contributed by atoms with E-state index in [1.807, 2.05) is 13.0 Å². The van der Waals surface area contributed by atoms with Gasteiger partial charge in [-0.3, -0.25) is 4.79 Å². The van der Waals surface area contributed by atoms with E-state index in [9.17, 15) is 24.3 Å². The van der Waals surface area contributed by atoms with Gasteiger partial charge in [0.05, 0.1) is 35.6 Å². The summed E-state index contributed by atoms with van der Waals surface area (Å²) in [6.07, 6.45) is 7.74. The van der Waals surface area contributed by atoms with E-state index in [0.29, 0.717) is 30.7 Å². The number of hydrogen-bond donors (Lipinski definition) is 2. The van der Waals surface area contributed by atoms with Crippen LogP contribution in [0.1, 0.15) is 68.5 Å². The molecular weight excluding hydrogens is 593 g/mol. The Morgan fingerprint density at radius 2 is 2.02 bits per heavy atom. The molecule has 6 rings (SSSR count). The highest BCUT2D eigenvalue weighted by atomic mass is 32.2. The minimum atomic E-state index is -1.49. The maximum Gasteiger partial charge on any atom is 0.342 e. The van der Waals surface area contributed by atoms with E-state index < -0.39 is 28.5 Å². The number of esters is 1. The zero-order valence-corrected chi connectivity index (χ0v) is 26.5. The number of aliphatic hydroxyl groups excluding tert-OH is 1. The summed E-state index contributed by atoms with van der Waals surface area (Å²) < 4.78 is 25.1. The number of thioether (sulfide) groups is 1. The molecule has 0 bridgehead atoms. The van der Waals surface area contributed by atoms with E-state index in [-0.39, 0.29) is 46.4 Å². The molecule has 3 unspecified atom stereocenters. The van der Waals surface area contributed by atoms with Gasteiger partial charge in [-0.15, -0.1) is 0 Å². The number of aliphatic hydroxyl groups is 1. The van der Waals surface area contributed by atoms with Gasteiger partial charge in [-0.25, -0.2) is 14.2 Å². The molecule has 3 saturated carbocycles. The van der Waals surface area contributed by atoms with Crippen LogP contribution in [0.5, 0.6) is 0 Å². The van der Waals surface area contributed by atoms with Crippen LogP contribution >= 0.6 is 11.8 Å². The first kappa shape index (κ1) is 31.3. The number of nitrogens with two attached hydrogens (primary N) is 1. The lowest BCUT2D eigenvalue weighted by Gasteiger charge is -2.60. The standard InChI is InChI=1S/C35H38FN3O5S/c1-20-25(11-14-43-20)31(41)44-35(32(42)45-15-13-37)12-10-27-26-9-4-22-16-28(39-24-7-5-23(36)6-8-24)21(19-38)17-33(22,2)30(26)29(40)18-34(27,35)3/h5-8,11,14,16,19,26-27,29-30,40H,4,9-10,12,15,17-18,38H2,1-3H3/t26-,27?,29?,30?,33-,34-,35-/m0/s1. The van der Waals surface area contributed by atoms with Crippen molar-refractivity contribution in [2.24, 2.45) is 39.3 Å². The Balaban J connectivity index is 1.36. The summed E-state index contributed by atoms with van der Waals surface area (Å²) in [7, 11) is 0. The number of carbonyl (C=O) groups excluding carboxylic acids is 2. The van der Waals surface area contributed by atoms with Gasteiger partial charge in [0.1, 0.15) is 17.1 Å². The molecule has 0 radical (unpaired) electrons. The molecule has 0 amide bonds. The van der Waals surface area contributed by atoms with Crippen molar-refractivity contribution in [3.63, 3.8) is 0 Å². The van der Waals surface area contributed by atoms with E-state index >= 15 is 0 Å². The van der Waals surface area contributed by atoms with E-state index in [0.717, 1.165) is 35.9 Å². The predicted molar refractivity (Wildman–Crippen MR) is 169 cm³/mol. The van der Waals surface area contributed by atoms with Crippen molar-refractivity contribution in [3.8, 4) is 6.07 Å². The molecule has 0 aliphatic heterocycles. The number of ether oxygens (including phenoxy) is 1. The van der Waals surface area contributed by atoms with E-state index in [1.54, 1.807) is 25.3 Å². The molecule has 0 saturated heterocycles. The first-order valence-corrected chi connectivity index (χ1v) is 16.4. The van der Waals surface area contributed by atoms with Crippen LogP contribution in [0.2, 0.25) is 0 Å². The summed E-state index contributed by atoms with van der Waals surface area (Å²) >= 11 is 0.876. The van der Waals surface area contributed by atoms with Gasteiger partial charge in [-0.1, -0.05) is 31.2 Å². The number of hydrogen-bond acceptors (Lipinski definition) is 9. The predicted octanol–water partition coefficient (Wildman–Crippen LogP) is 6.56. The molecule has 3 fully saturated rings. The number of nitrogens with zero attached hydrogens (tertiary/aromatic N) is 2. The van der Waals surface area contributed by atoms with Crippen LogP contribution in [0.25, 0.3) is 0 Å². The molecule has 10 heteroatoms. The summed E-state index contributed by atoms with van der Waals surface area (Å²) in [5.74, 6) is -0.646. The van der Waals surface area contributed by atoms with Crippen molar-refractivity contribution in [1.82, 2.24) is 0 Å². The van der Waals surface area contributed by atoms with Crippen LogP contribution in [0.3, 0.4) is 0 Å². The van der Waals surface area contributed by atoms with Crippen molar-refractivity contribution < 1.29 is 28.2 Å². The summed E-state index contributed by atoms with van der Waals surface area (Å²) in [5.41, 5.74) is 7.12. The zero-order valence-electron chi connectivity index (χ0n) is 25.7. The number of benzene rings is 1. The number of aryl methyl sites for hydroxylation is 1. The number of fused-ring (bicyclic) bond motifs is 5. The van der Waals surface area contributed by atoms with Gasteiger partial charge in [-0.2, -0.15) is 5.26 Å². The van der Waals surface area contributed by atoms with Gasteiger partial charge in [0, 0.05) is 5.41 Å². The number of nitriles is 1. The molecule has 0 spiro atoms. The third-order valence-electron chi connectivity index (χ3n) is 11.2. The van der Waals surface area contributed by atoms with Gasteiger partial charge in [0.15, 0.2) is 5.60 Å². The average molecular weight is 632 g/mol. The Kier molecular flexibility index (Phi) is 8.07. The Bertz CT molecular complexity index is 1660. The van der Waals surface area contributed by atoms with Crippen molar-refractivity contribution >= 4 is 34.2 Å². The first-order valence-electron chi connectivity index (χ1n) is 15.4. The Labute approximate surface area is 266 Å². The van der Waals surface area contributed by atoms with E-state index in [1.165, 1.54) is 30.0 Å². The lowest BCUT2D eigenvalue weighted by Crippen LogP contribution is -2.62. The fraction of sp³-hybridized carbons (Fsp3) is 0.486. The van der Waals surface area contributed by atoms with Crippen LogP contribution in [-0.2, 0) is 9.53 Å². The number of furan rings is 1. The molecular formula is C35H38FN3O5S. The molecule has 236 valence electrons. The van der Waals surface area contributed by atoms with Crippen LogP contribution in [0, 0.1) is 52.7 Å². The van der Waals surface area contributed by atoms with E-state index in [4.69, 9.17) is 19.9 Å². The zero-order chi connectivity index (χ0) is 32.1. The number of halogens is 1. The number of allylic oxidation sites excluding steroid dienone is 3. The Hall–Kier alpha value is -3.68. The second-order valence-electron chi connectivity index (χ2n) is 13.3. The van der Waals surface area contributed by atoms with Gasteiger partial charge in [-0.05, 0) is 117 Å². The normalized spacial score (nSPS) is 35.6. The summed E-state index contributed by atoms with van der Waals surface area (Å²) in [4.78, 5) is 32.3. The SMILES string of the molecule is Cc1occc1C(=O)O[C@]1(C(=O)SCC#N)CCC2[C@@H]3CCC4=CC(=Nc5ccc(F)cc5)C(=CN)C[C@]4(C)C3C(O)C[C@@]21C. The Morgan fingerprint density at radius 1 is 1.27 bits per heavy atom. The lowest BCUT2D eigenvalue weighted by atomic mass is 9.45. The van der Waals surface area contributed by atoms with Crippen LogP contribution < -0.4 is 5.73 Å². The third-order valence-corrected chi connectivity index (χ3v) is 12.1. The van der Waals surface area contributed by atoms with Crippen LogP contribution in [0.15, 0.2) is 69.4 Å². The topological polar surface area (TPSA) is 139 Å². The second kappa shape index (κ2) is 11.6. The summed E-state index contributed by atoms with van der Waals surface area (Å²) in [6, 6.07) is 9.59. The lowest BCUT2D eigenvalue weighted by molar-refractivity contribution is -0.174. The largest absolute Gasteiger partial charge is 0.469 e. The summed E-state index contributed by atoms with van der Waals surface area (Å²) in [6.45, 7) is 5.84. The fourth-order valence-corrected chi connectivity index (χ4v) is 9.95. The summed E-state index contributed by atoms with van der Waals surface area (Å²) in [5, 5.41) is 21.0. The molecule has 3 N–H and O–H groups in total. The van der Waals surface area contributed by atoms with E-state index in [2.05, 4.69) is 13.0 Å². The Morgan fingerprint density at radius 3 is 2.69 bits per heavy atom. The van der Waals surface area contributed by atoms with Gasteiger partial charge in [0.25, 0.3) is 0 Å². The first-order chi connectivity index (χ1) is 21.5. The van der Waals surface area contributed by atoms with Crippen LogP contribution in [0.4, 0.5) is 10.1 Å². The third kappa shape index (κ3) is 4.95. The fourth-order valence-electron chi connectivity index (χ4n) is 9.15. The molecule has 4 aliphatic rings. The average Bonchev–Trinajstić information content (AvgIpc) is 3.57. The van der Waals surface area contributed by atoms with Crippen molar-refractivity contribution in [2.75, 3.05) is 5.75 Å². The van der Waals surface area contributed by atoms with Gasteiger partial charge < -0.3 is 20.0 Å². The monoisotopic (exact) mass is 631 g/mol.